The number of hydrogen-bond donors (Lipinski definition) is 0. The Morgan fingerprint density at radius 1 is 1.00 bits per heavy atom. The van der Waals surface area contributed by atoms with Crippen LogP contribution in [0, 0.1) is 5.92 Å². The van der Waals surface area contributed by atoms with Crippen LogP contribution in [0.5, 0.6) is 0 Å². The van der Waals surface area contributed by atoms with Crippen LogP contribution in [0.3, 0.4) is 0 Å². The predicted molar refractivity (Wildman–Crippen MR) is 65.0 cm³/mol. The molecule has 0 N–H and O–H groups in total. The van der Waals surface area contributed by atoms with E-state index >= 15 is 0 Å². The number of sulfone groups is 1. The molecule has 0 saturated heterocycles. The summed E-state index contributed by atoms with van der Waals surface area (Å²) in [5, 5.41) is -0.161. The van der Waals surface area contributed by atoms with Crippen LogP contribution in [-0.4, -0.2) is 13.7 Å². The largest absolute Gasteiger partial charge is 0.223 e. The zero-order chi connectivity index (χ0) is 11.6. The standard InChI is InChI=1S/C13H18O2S/c1-11-7-9-13(10-8-11)16(14,15)12-5-3-2-4-6-12/h2-6,11,13H,7-10H2,1H3. The minimum Gasteiger partial charge on any atom is -0.223 e. The van der Waals surface area contributed by atoms with Crippen LogP contribution in [0.15, 0.2) is 35.2 Å². The second-order valence-corrected chi connectivity index (χ2v) is 6.97. The van der Waals surface area contributed by atoms with Gasteiger partial charge in [0, 0.05) is 0 Å². The number of hydrogen-bond acceptors (Lipinski definition) is 2. The van der Waals surface area contributed by atoms with Gasteiger partial charge in [0.25, 0.3) is 0 Å². The maximum atomic E-state index is 12.3. The van der Waals surface area contributed by atoms with E-state index in [1.54, 1.807) is 24.3 Å². The van der Waals surface area contributed by atoms with Gasteiger partial charge < -0.3 is 0 Å². The molecular formula is C13H18O2S. The molecule has 2 nitrogen and oxygen atoms in total. The second-order valence-electron chi connectivity index (χ2n) is 4.74. The van der Waals surface area contributed by atoms with E-state index in [1.165, 1.54) is 0 Å². The van der Waals surface area contributed by atoms with Crippen LogP contribution in [-0.2, 0) is 9.84 Å². The van der Waals surface area contributed by atoms with Gasteiger partial charge in [0.15, 0.2) is 9.84 Å². The summed E-state index contributed by atoms with van der Waals surface area (Å²) >= 11 is 0. The Morgan fingerprint density at radius 2 is 1.56 bits per heavy atom. The van der Waals surface area contributed by atoms with Gasteiger partial charge in [0.1, 0.15) is 0 Å². The zero-order valence-corrected chi connectivity index (χ0v) is 10.4. The van der Waals surface area contributed by atoms with Gasteiger partial charge in [-0.25, -0.2) is 8.42 Å². The predicted octanol–water partition coefficient (Wildman–Crippen LogP) is 3.04. The third-order valence-corrected chi connectivity index (χ3v) is 5.75. The molecule has 1 aromatic rings. The Bertz CT molecular complexity index is 428. The van der Waals surface area contributed by atoms with E-state index in [9.17, 15) is 8.42 Å². The van der Waals surface area contributed by atoms with Gasteiger partial charge in [-0.1, -0.05) is 25.1 Å². The molecule has 3 heteroatoms. The van der Waals surface area contributed by atoms with E-state index in [-0.39, 0.29) is 5.25 Å². The van der Waals surface area contributed by atoms with Crippen LogP contribution < -0.4 is 0 Å². The summed E-state index contributed by atoms with van der Waals surface area (Å²) in [6.45, 7) is 2.20. The van der Waals surface area contributed by atoms with Crippen molar-refractivity contribution in [3.8, 4) is 0 Å². The van der Waals surface area contributed by atoms with Gasteiger partial charge in [-0.05, 0) is 43.7 Å². The van der Waals surface area contributed by atoms with Gasteiger partial charge in [-0.3, -0.25) is 0 Å². The first-order valence-electron chi connectivity index (χ1n) is 5.89. The zero-order valence-electron chi connectivity index (χ0n) is 9.59. The molecule has 0 aromatic heterocycles. The van der Waals surface area contributed by atoms with Crippen LogP contribution >= 0.6 is 0 Å². The first-order chi connectivity index (χ1) is 7.60. The molecule has 1 aromatic carbocycles. The quantitative estimate of drug-likeness (QED) is 0.793. The Labute approximate surface area is 97.6 Å². The summed E-state index contributed by atoms with van der Waals surface area (Å²) in [5.74, 6) is 0.683. The highest BCUT2D eigenvalue weighted by molar-refractivity contribution is 7.92. The van der Waals surface area contributed by atoms with Crippen molar-refractivity contribution in [3.05, 3.63) is 30.3 Å². The Morgan fingerprint density at radius 3 is 2.12 bits per heavy atom. The van der Waals surface area contributed by atoms with E-state index in [1.807, 2.05) is 6.07 Å². The molecule has 0 bridgehead atoms. The second kappa shape index (κ2) is 4.58. The first-order valence-corrected chi connectivity index (χ1v) is 7.44. The Kier molecular flexibility index (Phi) is 3.33. The summed E-state index contributed by atoms with van der Waals surface area (Å²) in [7, 11) is -3.09. The fourth-order valence-corrected chi connectivity index (χ4v) is 4.16. The lowest BCUT2D eigenvalue weighted by atomic mass is 9.91. The highest BCUT2D eigenvalue weighted by Gasteiger charge is 2.30. The van der Waals surface area contributed by atoms with Gasteiger partial charge in [-0.2, -0.15) is 0 Å². The van der Waals surface area contributed by atoms with E-state index < -0.39 is 9.84 Å². The Balaban J connectivity index is 2.20. The molecule has 0 amide bonds. The molecule has 0 unspecified atom stereocenters. The summed E-state index contributed by atoms with van der Waals surface area (Å²) in [6, 6.07) is 8.83. The van der Waals surface area contributed by atoms with Crippen molar-refractivity contribution in [2.24, 2.45) is 5.92 Å². The molecule has 0 heterocycles. The van der Waals surface area contributed by atoms with Crippen LogP contribution in [0.1, 0.15) is 32.6 Å². The lowest BCUT2D eigenvalue weighted by Gasteiger charge is -2.25. The van der Waals surface area contributed by atoms with Crippen molar-refractivity contribution in [1.29, 1.82) is 0 Å². The first kappa shape index (κ1) is 11.6. The fraction of sp³-hybridized carbons (Fsp3) is 0.538. The Hall–Kier alpha value is -0.830. The maximum absolute atomic E-state index is 12.3. The molecule has 2 rings (SSSR count). The summed E-state index contributed by atoms with van der Waals surface area (Å²) < 4.78 is 24.6. The third kappa shape index (κ3) is 2.29. The van der Waals surface area contributed by atoms with Gasteiger partial charge in [0.05, 0.1) is 10.1 Å². The van der Waals surface area contributed by atoms with E-state index in [4.69, 9.17) is 0 Å². The summed E-state index contributed by atoms with van der Waals surface area (Å²) in [5.41, 5.74) is 0. The van der Waals surface area contributed by atoms with E-state index in [0.717, 1.165) is 25.7 Å². The number of rotatable bonds is 2. The average molecular weight is 238 g/mol. The lowest BCUT2D eigenvalue weighted by molar-refractivity contribution is 0.382. The lowest BCUT2D eigenvalue weighted by Crippen LogP contribution is -2.26. The molecule has 0 atom stereocenters. The highest BCUT2D eigenvalue weighted by Crippen LogP contribution is 2.31. The maximum Gasteiger partial charge on any atom is 0.181 e. The van der Waals surface area contributed by atoms with Gasteiger partial charge in [-0.15, -0.1) is 0 Å². The normalized spacial score (nSPS) is 26.6. The van der Waals surface area contributed by atoms with Crippen molar-refractivity contribution in [2.45, 2.75) is 42.8 Å². The summed E-state index contributed by atoms with van der Waals surface area (Å²) in [4.78, 5) is 0.481. The smallest absolute Gasteiger partial charge is 0.181 e. The topological polar surface area (TPSA) is 34.1 Å². The SMILES string of the molecule is CC1CCC(S(=O)(=O)c2ccccc2)CC1. The van der Waals surface area contributed by atoms with E-state index in [2.05, 4.69) is 6.92 Å². The molecule has 1 saturated carbocycles. The molecule has 16 heavy (non-hydrogen) atoms. The molecule has 0 spiro atoms. The number of benzene rings is 1. The van der Waals surface area contributed by atoms with Crippen molar-refractivity contribution >= 4 is 9.84 Å². The molecule has 1 aliphatic rings. The van der Waals surface area contributed by atoms with Crippen molar-refractivity contribution in [1.82, 2.24) is 0 Å². The fourth-order valence-electron chi connectivity index (χ4n) is 2.34. The molecule has 88 valence electrons. The van der Waals surface area contributed by atoms with Crippen LogP contribution in [0.2, 0.25) is 0 Å². The molecule has 1 fully saturated rings. The van der Waals surface area contributed by atoms with Crippen molar-refractivity contribution in [2.75, 3.05) is 0 Å². The third-order valence-electron chi connectivity index (χ3n) is 3.47. The monoisotopic (exact) mass is 238 g/mol. The summed E-state index contributed by atoms with van der Waals surface area (Å²) in [6.07, 6.45) is 3.71. The minimum absolute atomic E-state index is 0.161. The van der Waals surface area contributed by atoms with Gasteiger partial charge >= 0.3 is 0 Å². The molecular weight excluding hydrogens is 220 g/mol. The van der Waals surface area contributed by atoms with Crippen LogP contribution in [0.25, 0.3) is 0 Å². The van der Waals surface area contributed by atoms with Gasteiger partial charge in [0.2, 0.25) is 0 Å². The van der Waals surface area contributed by atoms with Crippen molar-refractivity contribution in [3.63, 3.8) is 0 Å². The van der Waals surface area contributed by atoms with Crippen molar-refractivity contribution < 1.29 is 8.42 Å². The molecule has 0 radical (unpaired) electrons. The molecule has 1 aliphatic carbocycles. The van der Waals surface area contributed by atoms with E-state index in [0.29, 0.717) is 10.8 Å². The van der Waals surface area contributed by atoms with Crippen LogP contribution in [0.4, 0.5) is 0 Å². The molecule has 0 aliphatic heterocycles. The average Bonchev–Trinajstić information content (AvgIpc) is 2.31. The highest BCUT2D eigenvalue weighted by atomic mass is 32.2. The minimum atomic E-state index is -3.09.